The highest BCUT2D eigenvalue weighted by atomic mass is 79.9. The summed E-state index contributed by atoms with van der Waals surface area (Å²) in [7, 11) is -1.30. The van der Waals surface area contributed by atoms with Crippen LogP contribution in [0.4, 0.5) is 10.1 Å². The molecule has 0 aliphatic carbocycles. The molecule has 0 saturated heterocycles. The molecular formula is C13H11BrFNOS. The van der Waals surface area contributed by atoms with Gasteiger partial charge in [-0.15, -0.1) is 0 Å². The second-order valence-electron chi connectivity index (χ2n) is 3.84. The number of nitrogen functional groups attached to an aromatic ring is 1. The fourth-order valence-corrected chi connectivity index (χ4v) is 3.18. The van der Waals surface area contributed by atoms with E-state index in [4.69, 9.17) is 5.73 Å². The van der Waals surface area contributed by atoms with Crippen LogP contribution in [0, 0.1) is 5.82 Å². The minimum atomic E-state index is -1.30. The lowest BCUT2D eigenvalue weighted by Gasteiger charge is -2.05. The number of halogens is 2. The molecule has 2 aromatic carbocycles. The molecule has 1 atom stereocenters. The largest absolute Gasteiger partial charge is 0.399 e. The van der Waals surface area contributed by atoms with Crippen molar-refractivity contribution in [3.8, 4) is 0 Å². The van der Waals surface area contributed by atoms with E-state index in [1.54, 1.807) is 0 Å². The van der Waals surface area contributed by atoms with Gasteiger partial charge >= 0.3 is 0 Å². The van der Waals surface area contributed by atoms with Crippen molar-refractivity contribution in [2.45, 2.75) is 10.6 Å². The van der Waals surface area contributed by atoms with Crippen LogP contribution < -0.4 is 5.73 Å². The van der Waals surface area contributed by atoms with Gasteiger partial charge in [0.1, 0.15) is 5.82 Å². The smallest absolute Gasteiger partial charge is 0.126 e. The van der Waals surface area contributed by atoms with Gasteiger partial charge in [0.25, 0.3) is 0 Å². The first-order valence-electron chi connectivity index (χ1n) is 5.23. The van der Waals surface area contributed by atoms with Crippen LogP contribution in [0.5, 0.6) is 0 Å². The molecule has 0 bridgehead atoms. The van der Waals surface area contributed by atoms with Crippen molar-refractivity contribution in [2.75, 3.05) is 5.73 Å². The maximum Gasteiger partial charge on any atom is 0.126 e. The zero-order valence-corrected chi connectivity index (χ0v) is 11.8. The topological polar surface area (TPSA) is 43.1 Å². The van der Waals surface area contributed by atoms with Gasteiger partial charge in [0, 0.05) is 15.1 Å². The van der Waals surface area contributed by atoms with E-state index in [2.05, 4.69) is 15.9 Å². The van der Waals surface area contributed by atoms with Crippen LogP contribution in [-0.4, -0.2) is 4.21 Å². The zero-order chi connectivity index (χ0) is 13.1. The number of hydrogen-bond acceptors (Lipinski definition) is 2. The first-order chi connectivity index (χ1) is 8.54. The zero-order valence-electron chi connectivity index (χ0n) is 9.40. The predicted molar refractivity (Wildman–Crippen MR) is 75.1 cm³/mol. The Balaban J connectivity index is 2.22. The molecular weight excluding hydrogens is 317 g/mol. The van der Waals surface area contributed by atoms with E-state index in [0.717, 1.165) is 10.0 Å². The fraction of sp³-hybridized carbons (Fsp3) is 0.0769. The maximum absolute atomic E-state index is 13.2. The minimum absolute atomic E-state index is 0.285. The van der Waals surface area contributed by atoms with Crippen molar-refractivity contribution in [2.24, 2.45) is 0 Å². The Labute approximate surface area is 116 Å². The lowest BCUT2D eigenvalue weighted by molar-refractivity contribution is 0.623. The van der Waals surface area contributed by atoms with Gasteiger partial charge in [0.2, 0.25) is 0 Å². The monoisotopic (exact) mass is 327 g/mol. The summed E-state index contributed by atoms with van der Waals surface area (Å²) in [6, 6.07) is 11.5. The van der Waals surface area contributed by atoms with E-state index in [1.165, 1.54) is 18.2 Å². The van der Waals surface area contributed by atoms with Gasteiger partial charge in [-0.2, -0.15) is 0 Å². The summed E-state index contributed by atoms with van der Waals surface area (Å²) in [4.78, 5) is 0.410. The molecule has 0 heterocycles. The predicted octanol–water partition coefficient (Wildman–Crippen LogP) is 3.48. The molecule has 5 heteroatoms. The first kappa shape index (κ1) is 13.2. The molecule has 18 heavy (non-hydrogen) atoms. The molecule has 0 aromatic heterocycles. The Morgan fingerprint density at radius 3 is 2.67 bits per heavy atom. The summed E-state index contributed by atoms with van der Waals surface area (Å²) in [6.07, 6.45) is 0. The lowest BCUT2D eigenvalue weighted by Crippen LogP contribution is -1.99. The van der Waals surface area contributed by atoms with Crippen LogP contribution in [0.1, 0.15) is 5.56 Å². The molecule has 2 nitrogen and oxygen atoms in total. The van der Waals surface area contributed by atoms with Gasteiger partial charge in [-0.3, -0.25) is 4.21 Å². The third-order valence-corrected chi connectivity index (χ3v) is 4.19. The molecule has 0 amide bonds. The van der Waals surface area contributed by atoms with E-state index in [9.17, 15) is 8.60 Å². The van der Waals surface area contributed by atoms with Crippen LogP contribution in [-0.2, 0) is 16.6 Å². The van der Waals surface area contributed by atoms with Crippen LogP contribution >= 0.6 is 15.9 Å². The Kier molecular flexibility index (Phi) is 4.14. The highest BCUT2D eigenvalue weighted by Crippen LogP contribution is 2.19. The Hall–Kier alpha value is -1.20. The average molecular weight is 328 g/mol. The Morgan fingerprint density at radius 1 is 1.22 bits per heavy atom. The second-order valence-corrected chi connectivity index (χ2v) is 6.21. The van der Waals surface area contributed by atoms with Gasteiger partial charge in [-0.25, -0.2) is 4.39 Å². The van der Waals surface area contributed by atoms with Gasteiger partial charge in [0.15, 0.2) is 0 Å². The van der Waals surface area contributed by atoms with Gasteiger partial charge in [0.05, 0.1) is 16.6 Å². The van der Waals surface area contributed by atoms with Crippen LogP contribution in [0.2, 0.25) is 0 Å². The summed E-state index contributed by atoms with van der Waals surface area (Å²) in [5, 5.41) is 0. The lowest BCUT2D eigenvalue weighted by atomic mass is 10.2. The molecule has 94 valence electrons. The number of anilines is 1. The highest BCUT2D eigenvalue weighted by molar-refractivity contribution is 9.10. The molecule has 0 aliphatic heterocycles. The Bertz CT molecular complexity index is 583. The summed E-state index contributed by atoms with van der Waals surface area (Å²) in [5.74, 6) is -0.130. The van der Waals surface area contributed by atoms with E-state index >= 15 is 0 Å². The molecule has 2 N–H and O–H groups in total. The summed E-state index contributed by atoms with van der Waals surface area (Å²) >= 11 is 3.35. The summed E-state index contributed by atoms with van der Waals surface area (Å²) < 4.78 is 26.2. The molecule has 2 rings (SSSR count). The molecule has 2 aromatic rings. The third kappa shape index (κ3) is 3.40. The molecule has 0 spiro atoms. The fourth-order valence-electron chi connectivity index (χ4n) is 1.58. The molecule has 0 fully saturated rings. The van der Waals surface area contributed by atoms with Gasteiger partial charge in [-0.1, -0.05) is 28.1 Å². The van der Waals surface area contributed by atoms with Crippen LogP contribution in [0.3, 0.4) is 0 Å². The number of benzene rings is 2. The Morgan fingerprint density at radius 2 is 2.00 bits per heavy atom. The standard InChI is InChI=1S/C13H11BrFNOS/c14-10-3-1-2-9(4-10)8-18(17)13-6-11(15)5-12(16)7-13/h1-7H,8,16H2. The van der Waals surface area contributed by atoms with Crippen molar-refractivity contribution >= 4 is 32.4 Å². The average Bonchev–Trinajstić information content (AvgIpc) is 2.27. The summed E-state index contributed by atoms with van der Waals surface area (Å²) in [6.45, 7) is 0. The van der Waals surface area contributed by atoms with Gasteiger partial charge in [-0.05, 0) is 35.9 Å². The number of rotatable bonds is 3. The minimum Gasteiger partial charge on any atom is -0.399 e. The van der Waals surface area contributed by atoms with Crippen molar-refractivity contribution < 1.29 is 8.60 Å². The first-order valence-corrected chi connectivity index (χ1v) is 7.35. The second kappa shape index (κ2) is 5.63. The van der Waals surface area contributed by atoms with Crippen LogP contribution in [0.15, 0.2) is 51.8 Å². The summed E-state index contributed by atoms with van der Waals surface area (Å²) in [5.41, 5.74) is 6.74. The molecule has 1 unspecified atom stereocenters. The SMILES string of the molecule is Nc1cc(F)cc(S(=O)Cc2cccc(Br)c2)c1. The number of hydrogen-bond donors (Lipinski definition) is 1. The normalized spacial score (nSPS) is 12.3. The van der Waals surface area contributed by atoms with Crippen LogP contribution in [0.25, 0.3) is 0 Å². The molecule has 0 radical (unpaired) electrons. The van der Waals surface area contributed by atoms with E-state index in [1.807, 2.05) is 24.3 Å². The van der Waals surface area contributed by atoms with Crippen molar-refractivity contribution in [1.29, 1.82) is 0 Å². The maximum atomic E-state index is 13.2. The van der Waals surface area contributed by atoms with Crippen molar-refractivity contribution in [1.82, 2.24) is 0 Å². The highest BCUT2D eigenvalue weighted by Gasteiger charge is 2.08. The molecule has 0 saturated carbocycles. The number of nitrogens with two attached hydrogens (primary N) is 1. The molecule has 0 aliphatic rings. The third-order valence-electron chi connectivity index (χ3n) is 2.34. The van der Waals surface area contributed by atoms with Gasteiger partial charge < -0.3 is 5.73 Å². The van der Waals surface area contributed by atoms with Crippen molar-refractivity contribution in [3.05, 3.63) is 58.3 Å². The quantitative estimate of drug-likeness (QED) is 0.877. The van der Waals surface area contributed by atoms with E-state index in [0.29, 0.717) is 10.6 Å². The van der Waals surface area contributed by atoms with Crippen molar-refractivity contribution in [3.63, 3.8) is 0 Å². The van der Waals surface area contributed by atoms with E-state index in [-0.39, 0.29) is 5.69 Å². The van der Waals surface area contributed by atoms with E-state index < -0.39 is 16.6 Å².